The van der Waals surface area contributed by atoms with Crippen LogP contribution in [0.4, 0.5) is 4.39 Å². The number of methoxy groups -OCH3 is 1. The van der Waals surface area contributed by atoms with Crippen molar-refractivity contribution in [2.45, 2.75) is 26.3 Å². The summed E-state index contributed by atoms with van der Waals surface area (Å²) in [6, 6.07) is 10.4. The van der Waals surface area contributed by atoms with Crippen molar-refractivity contribution in [3.8, 4) is 5.75 Å². The van der Waals surface area contributed by atoms with E-state index in [1.54, 1.807) is 13.2 Å². The Morgan fingerprint density at radius 2 is 1.95 bits per heavy atom. The van der Waals surface area contributed by atoms with Gasteiger partial charge in [0.1, 0.15) is 11.6 Å². The van der Waals surface area contributed by atoms with Crippen LogP contribution < -0.4 is 10.5 Å². The van der Waals surface area contributed by atoms with Crippen LogP contribution in [0.15, 0.2) is 36.4 Å². The monoisotopic (exact) mass is 273 g/mol. The fraction of sp³-hybridized carbons (Fsp3) is 0.294. The van der Waals surface area contributed by atoms with Crippen molar-refractivity contribution in [3.05, 3.63) is 64.5 Å². The summed E-state index contributed by atoms with van der Waals surface area (Å²) in [5.41, 5.74) is 10.4. The van der Waals surface area contributed by atoms with E-state index >= 15 is 0 Å². The molecule has 0 saturated heterocycles. The average molecular weight is 273 g/mol. The smallest absolute Gasteiger partial charge is 0.124 e. The van der Waals surface area contributed by atoms with Gasteiger partial charge in [0, 0.05) is 11.6 Å². The van der Waals surface area contributed by atoms with E-state index < -0.39 is 0 Å². The lowest BCUT2D eigenvalue weighted by Gasteiger charge is -2.19. The highest BCUT2D eigenvalue weighted by molar-refractivity contribution is 5.45. The van der Waals surface area contributed by atoms with Crippen LogP contribution in [0.5, 0.6) is 5.75 Å². The number of rotatable bonds is 4. The predicted molar refractivity (Wildman–Crippen MR) is 79.5 cm³/mol. The molecule has 2 aromatic carbocycles. The van der Waals surface area contributed by atoms with Crippen molar-refractivity contribution in [1.82, 2.24) is 0 Å². The highest BCUT2D eigenvalue weighted by atomic mass is 19.1. The van der Waals surface area contributed by atoms with Crippen LogP contribution in [0.25, 0.3) is 0 Å². The largest absolute Gasteiger partial charge is 0.496 e. The number of hydrogen-bond donors (Lipinski definition) is 1. The topological polar surface area (TPSA) is 35.2 Å². The molecule has 0 spiro atoms. The molecule has 2 aromatic rings. The molecular weight excluding hydrogens is 253 g/mol. The highest BCUT2D eigenvalue weighted by Gasteiger charge is 2.16. The Labute approximate surface area is 119 Å². The van der Waals surface area contributed by atoms with Gasteiger partial charge in [0.2, 0.25) is 0 Å². The second kappa shape index (κ2) is 6.06. The molecule has 3 heteroatoms. The van der Waals surface area contributed by atoms with E-state index in [0.717, 1.165) is 28.0 Å². The van der Waals surface area contributed by atoms with E-state index in [9.17, 15) is 4.39 Å². The minimum Gasteiger partial charge on any atom is -0.496 e. The van der Waals surface area contributed by atoms with Gasteiger partial charge in [-0.2, -0.15) is 0 Å². The summed E-state index contributed by atoms with van der Waals surface area (Å²) in [5, 5.41) is 0. The molecule has 0 heterocycles. The van der Waals surface area contributed by atoms with Crippen molar-refractivity contribution in [3.63, 3.8) is 0 Å². The SMILES string of the molecule is COc1cc(C)cc(C)c1C(N)Cc1cccc(F)c1. The second-order valence-corrected chi connectivity index (χ2v) is 5.14. The molecule has 1 atom stereocenters. The number of hydrogen-bond acceptors (Lipinski definition) is 2. The first kappa shape index (κ1) is 14.5. The zero-order chi connectivity index (χ0) is 14.7. The van der Waals surface area contributed by atoms with E-state index in [2.05, 4.69) is 6.07 Å². The van der Waals surface area contributed by atoms with Crippen LogP contribution in [-0.4, -0.2) is 7.11 Å². The Kier molecular flexibility index (Phi) is 4.40. The molecule has 0 fully saturated rings. The Hall–Kier alpha value is -1.87. The second-order valence-electron chi connectivity index (χ2n) is 5.14. The normalized spacial score (nSPS) is 12.2. The first-order chi connectivity index (χ1) is 9.51. The molecule has 1 unspecified atom stereocenters. The minimum absolute atomic E-state index is 0.215. The third-order valence-electron chi connectivity index (χ3n) is 3.43. The maximum atomic E-state index is 13.2. The van der Waals surface area contributed by atoms with Crippen LogP contribution in [0.3, 0.4) is 0 Å². The summed E-state index contributed by atoms with van der Waals surface area (Å²) in [7, 11) is 1.65. The lowest BCUT2D eigenvalue weighted by Crippen LogP contribution is -2.16. The molecular formula is C17H20FNO. The fourth-order valence-electron chi connectivity index (χ4n) is 2.60. The number of ether oxygens (including phenoxy) is 1. The number of halogens is 1. The quantitative estimate of drug-likeness (QED) is 0.922. The molecule has 106 valence electrons. The number of benzene rings is 2. The van der Waals surface area contributed by atoms with E-state index in [4.69, 9.17) is 10.5 Å². The molecule has 0 saturated carbocycles. The minimum atomic E-state index is -0.234. The zero-order valence-corrected chi connectivity index (χ0v) is 12.1. The molecule has 2 rings (SSSR count). The molecule has 2 nitrogen and oxygen atoms in total. The van der Waals surface area contributed by atoms with E-state index in [1.807, 2.05) is 26.0 Å². The van der Waals surface area contributed by atoms with Crippen LogP contribution in [0, 0.1) is 19.7 Å². The van der Waals surface area contributed by atoms with E-state index in [1.165, 1.54) is 12.1 Å². The van der Waals surface area contributed by atoms with Gasteiger partial charge in [-0.25, -0.2) is 4.39 Å². The lowest BCUT2D eigenvalue weighted by atomic mass is 9.94. The summed E-state index contributed by atoms with van der Waals surface area (Å²) >= 11 is 0. The van der Waals surface area contributed by atoms with Gasteiger partial charge in [0.15, 0.2) is 0 Å². The van der Waals surface area contributed by atoms with Crippen LogP contribution in [0.1, 0.15) is 28.3 Å². The molecule has 0 aliphatic heterocycles. The molecule has 0 aliphatic rings. The van der Waals surface area contributed by atoms with Crippen molar-refractivity contribution in [1.29, 1.82) is 0 Å². The van der Waals surface area contributed by atoms with Gasteiger partial charge in [0.25, 0.3) is 0 Å². The Morgan fingerprint density at radius 1 is 1.20 bits per heavy atom. The van der Waals surface area contributed by atoms with Gasteiger partial charge in [-0.3, -0.25) is 0 Å². The molecule has 0 aliphatic carbocycles. The van der Waals surface area contributed by atoms with Crippen LogP contribution in [0.2, 0.25) is 0 Å². The Balaban J connectivity index is 2.31. The van der Waals surface area contributed by atoms with Gasteiger partial charge >= 0.3 is 0 Å². The molecule has 0 radical (unpaired) electrons. The fourth-order valence-corrected chi connectivity index (χ4v) is 2.60. The van der Waals surface area contributed by atoms with Gasteiger partial charge in [-0.05, 0) is 55.2 Å². The third-order valence-corrected chi connectivity index (χ3v) is 3.43. The zero-order valence-electron chi connectivity index (χ0n) is 12.1. The van der Waals surface area contributed by atoms with Crippen molar-refractivity contribution in [2.75, 3.05) is 7.11 Å². The van der Waals surface area contributed by atoms with Crippen LogP contribution in [-0.2, 0) is 6.42 Å². The maximum Gasteiger partial charge on any atom is 0.124 e. The molecule has 20 heavy (non-hydrogen) atoms. The summed E-state index contributed by atoms with van der Waals surface area (Å²) in [6.45, 7) is 4.05. The van der Waals surface area contributed by atoms with Crippen molar-refractivity contribution < 1.29 is 9.13 Å². The van der Waals surface area contributed by atoms with E-state index in [0.29, 0.717) is 6.42 Å². The maximum absolute atomic E-state index is 13.2. The summed E-state index contributed by atoms with van der Waals surface area (Å²) in [6.07, 6.45) is 0.581. The molecule has 0 amide bonds. The average Bonchev–Trinajstić information content (AvgIpc) is 2.37. The van der Waals surface area contributed by atoms with E-state index in [-0.39, 0.29) is 11.9 Å². The summed E-state index contributed by atoms with van der Waals surface area (Å²) in [4.78, 5) is 0. The van der Waals surface area contributed by atoms with Gasteiger partial charge in [-0.15, -0.1) is 0 Å². The van der Waals surface area contributed by atoms with Gasteiger partial charge in [0.05, 0.1) is 7.11 Å². The molecule has 0 bridgehead atoms. The van der Waals surface area contributed by atoms with Gasteiger partial charge in [-0.1, -0.05) is 18.2 Å². The summed E-state index contributed by atoms with van der Waals surface area (Å²) in [5.74, 6) is 0.564. The lowest BCUT2D eigenvalue weighted by molar-refractivity contribution is 0.404. The Bertz CT molecular complexity index is 610. The van der Waals surface area contributed by atoms with Crippen LogP contribution >= 0.6 is 0 Å². The summed E-state index contributed by atoms with van der Waals surface area (Å²) < 4.78 is 18.7. The molecule has 2 N–H and O–H groups in total. The Morgan fingerprint density at radius 3 is 2.60 bits per heavy atom. The standard InChI is InChI=1S/C17H20FNO/c1-11-7-12(2)17(16(8-11)20-3)15(19)10-13-5-4-6-14(18)9-13/h4-9,15H,10,19H2,1-3H3. The van der Waals surface area contributed by atoms with Crippen molar-refractivity contribution >= 4 is 0 Å². The first-order valence-corrected chi connectivity index (χ1v) is 6.66. The number of aryl methyl sites for hydroxylation is 2. The predicted octanol–water partition coefficient (Wildman–Crippen LogP) is 3.69. The van der Waals surface area contributed by atoms with Gasteiger partial charge < -0.3 is 10.5 Å². The highest BCUT2D eigenvalue weighted by Crippen LogP contribution is 2.30. The van der Waals surface area contributed by atoms with Crippen molar-refractivity contribution in [2.24, 2.45) is 5.73 Å². The first-order valence-electron chi connectivity index (χ1n) is 6.66. The number of nitrogens with two attached hydrogens (primary N) is 1. The molecule has 0 aromatic heterocycles. The third kappa shape index (κ3) is 3.17.